The Morgan fingerprint density at radius 1 is 0.957 bits per heavy atom. The molecule has 0 nitrogen and oxygen atoms in total. The van der Waals surface area contributed by atoms with E-state index < -0.39 is 0 Å². The minimum Gasteiger partial charge on any atom is -1.00 e. The number of halogens is 2. The first kappa shape index (κ1) is 23.0. The molecule has 0 radical (unpaired) electrons. The summed E-state index contributed by atoms with van der Waals surface area (Å²) in [6.07, 6.45) is 8.86. The van der Waals surface area contributed by atoms with Crippen LogP contribution in [-0.2, 0) is 23.3 Å². The molecule has 122 valence electrons. The summed E-state index contributed by atoms with van der Waals surface area (Å²) in [5.41, 5.74) is 5.89. The van der Waals surface area contributed by atoms with Crippen LogP contribution in [0.15, 0.2) is 42.5 Å². The van der Waals surface area contributed by atoms with E-state index in [2.05, 4.69) is 76.4 Å². The van der Waals surface area contributed by atoms with Crippen molar-refractivity contribution < 1.29 is 48.1 Å². The standard InChI is InChI=1S/C17H17.C2H6Si.2ClH.Zr/c1-11-8-9-12(2)17-15(11)10-13(3)16(17)14-6-4-5-7-14;1-3-2;;;/h4-10,14H,1-3H3;1-2H3;2*1H;/q-1;;;;+2/p-2. The van der Waals surface area contributed by atoms with E-state index in [1.54, 1.807) is 23.3 Å². The maximum absolute atomic E-state index is 2.34. The van der Waals surface area contributed by atoms with Gasteiger partial charge in [-0.1, -0.05) is 49.8 Å². The summed E-state index contributed by atoms with van der Waals surface area (Å²) in [5.74, 6) is 0.466. The zero-order valence-electron chi connectivity index (χ0n) is 14.4. The Hall–Kier alpha value is -0.0100. The average molecular weight is 442 g/mol. The van der Waals surface area contributed by atoms with E-state index in [1.807, 2.05) is 0 Å². The molecule has 0 N–H and O–H groups in total. The zero-order chi connectivity index (χ0) is 15.6. The Kier molecular flexibility index (Phi) is 10.1. The van der Waals surface area contributed by atoms with Gasteiger partial charge in [0.2, 0.25) is 0 Å². The van der Waals surface area contributed by atoms with Gasteiger partial charge in [0, 0.05) is 0 Å². The molecule has 0 atom stereocenters. The van der Waals surface area contributed by atoms with Gasteiger partial charge in [0.1, 0.15) is 0 Å². The van der Waals surface area contributed by atoms with Crippen molar-refractivity contribution in [1.29, 1.82) is 0 Å². The first-order valence-electron chi connectivity index (χ1n) is 7.44. The maximum atomic E-state index is 2.34. The van der Waals surface area contributed by atoms with Crippen LogP contribution in [0.25, 0.3) is 10.8 Å². The third-order valence-electron chi connectivity index (χ3n) is 3.81. The number of allylic oxidation sites excluding steroid dienone is 4. The molecule has 1 aliphatic rings. The van der Waals surface area contributed by atoms with Crippen molar-refractivity contribution in [2.24, 2.45) is 0 Å². The minimum atomic E-state index is 0. The summed E-state index contributed by atoms with van der Waals surface area (Å²) in [5, 5.41) is 2.88. The van der Waals surface area contributed by atoms with Crippen LogP contribution in [0.4, 0.5) is 0 Å². The number of aryl methyl sites for hydroxylation is 3. The van der Waals surface area contributed by atoms with Crippen LogP contribution < -0.4 is 24.8 Å². The number of hydrogen-bond donors (Lipinski definition) is 0. The van der Waals surface area contributed by atoms with Gasteiger partial charge in [-0.3, -0.25) is 0 Å². The van der Waals surface area contributed by atoms with Gasteiger partial charge in [-0.05, 0) is 12.8 Å². The summed E-state index contributed by atoms with van der Waals surface area (Å²) in [7, 11) is 0. The summed E-state index contributed by atoms with van der Waals surface area (Å²) in [4.78, 5) is 0. The number of hydrogen-bond acceptors (Lipinski definition) is 0. The summed E-state index contributed by atoms with van der Waals surface area (Å²) in [6, 6.07) is 6.80. The van der Waals surface area contributed by atoms with Crippen molar-refractivity contribution in [1.82, 2.24) is 0 Å². The van der Waals surface area contributed by atoms with E-state index in [1.165, 1.54) is 33.0 Å². The normalized spacial score (nSPS) is 12.5. The second-order valence-electron chi connectivity index (χ2n) is 6.02. The van der Waals surface area contributed by atoms with Gasteiger partial charge in [-0.15, -0.1) is 39.6 Å². The second-order valence-corrected chi connectivity index (χ2v) is 15.4. The fourth-order valence-electron chi connectivity index (χ4n) is 2.92. The molecule has 0 spiro atoms. The van der Waals surface area contributed by atoms with Crippen molar-refractivity contribution in [2.75, 3.05) is 0 Å². The Bertz CT molecular complexity index is 725. The van der Waals surface area contributed by atoms with Gasteiger partial charge in [0.05, 0.1) is 0 Å². The van der Waals surface area contributed by atoms with Crippen LogP contribution in [0.1, 0.15) is 28.2 Å². The van der Waals surface area contributed by atoms with Gasteiger partial charge in [0.25, 0.3) is 0 Å². The van der Waals surface area contributed by atoms with Crippen LogP contribution in [0.5, 0.6) is 0 Å². The molecule has 0 fully saturated rings. The molecule has 0 unspecified atom stereocenters. The van der Waals surface area contributed by atoms with E-state index in [4.69, 9.17) is 0 Å². The van der Waals surface area contributed by atoms with Crippen molar-refractivity contribution >= 4 is 16.2 Å². The predicted octanol–water partition coefficient (Wildman–Crippen LogP) is -0.514. The minimum absolute atomic E-state index is 0. The SMILES string of the molecule is C[Si](C)=[Zr+2].Cc1[cH-]c2c(C)ccc(C)c2c1C1C=CC=C1.[Cl-].[Cl-]. The molecular formula is C19H23Cl2SiZr-. The third kappa shape index (κ3) is 5.49. The largest absolute Gasteiger partial charge is 1.00 e. The fourth-order valence-corrected chi connectivity index (χ4v) is 2.92. The van der Waals surface area contributed by atoms with E-state index in [0.717, 1.165) is 0 Å². The van der Waals surface area contributed by atoms with Crippen LogP contribution in [0, 0.1) is 20.8 Å². The molecule has 0 saturated heterocycles. The first-order valence-corrected chi connectivity index (χ1v) is 13.6. The Morgan fingerprint density at radius 3 is 1.96 bits per heavy atom. The molecule has 0 heterocycles. The molecule has 0 aromatic heterocycles. The molecule has 4 heteroatoms. The van der Waals surface area contributed by atoms with Crippen molar-refractivity contribution in [2.45, 2.75) is 39.8 Å². The van der Waals surface area contributed by atoms with Crippen molar-refractivity contribution in [3.63, 3.8) is 0 Å². The molecule has 23 heavy (non-hydrogen) atoms. The molecule has 0 amide bonds. The predicted molar refractivity (Wildman–Crippen MR) is 92.3 cm³/mol. The molecule has 0 bridgehead atoms. The molecule has 3 rings (SSSR count). The first-order chi connectivity index (χ1) is 9.91. The van der Waals surface area contributed by atoms with E-state index >= 15 is 0 Å². The Labute approximate surface area is 168 Å². The van der Waals surface area contributed by atoms with Gasteiger partial charge in [0.15, 0.2) is 0 Å². The van der Waals surface area contributed by atoms with Gasteiger partial charge in [-0.2, -0.15) is 0 Å². The van der Waals surface area contributed by atoms with Gasteiger partial charge >= 0.3 is 41.9 Å². The monoisotopic (exact) mass is 439 g/mol. The summed E-state index contributed by atoms with van der Waals surface area (Å²) < 4.78 is 0. The average Bonchev–Trinajstić information content (AvgIpc) is 3.00. The van der Waals surface area contributed by atoms with Crippen molar-refractivity contribution in [3.05, 3.63) is 64.8 Å². The van der Waals surface area contributed by atoms with E-state index in [9.17, 15) is 0 Å². The third-order valence-corrected chi connectivity index (χ3v) is 3.81. The van der Waals surface area contributed by atoms with Crippen LogP contribution in [0.3, 0.4) is 0 Å². The van der Waals surface area contributed by atoms with E-state index in [0.29, 0.717) is 5.92 Å². The number of rotatable bonds is 1. The quantitative estimate of drug-likeness (QED) is 0.413. The van der Waals surface area contributed by atoms with Crippen LogP contribution in [-0.4, -0.2) is 5.43 Å². The number of benzene rings is 1. The topological polar surface area (TPSA) is 0 Å². The number of fused-ring (bicyclic) bond motifs is 1. The molecule has 1 aliphatic carbocycles. The molecule has 2 aromatic carbocycles. The van der Waals surface area contributed by atoms with E-state index in [-0.39, 0.29) is 30.2 Å². The molecular weight excluding hydrogens is 418 g/mol. The van der Waals surface area contributed by atoms with Gasteiger partial charge < -0.3 is 24.8 Å². The molecule has 0 saturated carbocycles. The van der Waals surface area contributed by atoms with Crippen molar-refractivity contribution in [3.8, 4) is 0 Å². The van der Waals surface area contributed by atoms with Gasteiger partial charge in [-0.25, -0.2) is 0 Å². The molecule has 0 aliphatic heterocycles. The smallest absolute Gasteiger partial charge is 0.0203 e. The van der Waals surface area contributed by atoms with Crippen LogP contribution >= 0.6 is 0 Å². The second kappa shape index (κ2) is 10.1. The maximum Gasteiger partial charge on any atom is -0.0203 e. The summed E-state index contributed by atoms with van der Waals surface area (Å²) in [6.45, 7) is 11.3. The zero-order valence-corrected chi connectivity index (χ0v) is 19.3. The fraction of sp³-hybridized carbons (Fsp3) is 0.316. The Morgan fingerprint density at radius 2 is 1.43 bits per heavy atom. The summed E-state index contributed by atoms with van der Waals surface area (Å²) >= 11 is 1.74. The van der Waals surface area contributed by atoms with Crippen LogP contribution in [0.2, 0.25) is 13.1 Å². The Balaban J connectivity index is 0.000000731. The molecule has 2 aromatic rings.